The summed E-state index contributed by atoms with van der Waals surface area (Å²) in [6.45, 7) is 1.85. The molecule has 0 unspecified atom stereocenters. The van der Waals surface area contributed by atoms with Crippen LogP contribution in [0.15, 0.2) is 24.3 Å². The van der Waals surface area contributed by atoms with Crippen LogP contribution in [-0.2, 0) is 19.1 Å². The van der Waals surface area contributed by atoms with Crippen LogP contribution >= 0.6 is 0 Å². The number of non-ortho nitro benzene ring substituents is 1. The SMILES string of the molecule is CCOC(=O)C[C@@H](c1ccc([N+](=O)[O-])cc1)[C@@H](NC(=O)C12CC3CC(CC(C3)C1)C2)C(N)=O. The van der Waals surface area contributed by atoms with Crippen molar-refractivity contribution >= 4 is 23.5 Å². The molecule has 4 aliphatic rings. The Morgan fingerprint density at radius 3 is 2.12 bits per heavy atom. The van der Waals surface area contributed by atoms with Crippen LogP contribution in [0.25, 0.3) is 0 Å². The first-order chi connectivity index (χ1) is 15.7. The van der Waals surface area contributed by atoms with E-state index in [4.69, 9.17) is 10.5 Å². The summed E-state index contributed by atoms with van der Waals surface area (Å²) in [5, 5.41) is 13.9. The quantitative estimate of drug-likeness (QED) is 0.332. The van der Waals surface area contributed by atoms with E-state index in [1.807, 2.05) is 0 Å². The first kappa shape index (κ1) is 23.2. The van der Waals surface area contributed by atoms with Crippen molar-refractivity contribution in [3.63, 3.8) is 0 Å². The zero-order valence-electron chi connectivity index (χ0n) is 18.8. The van der Waals surface area contributed by atoms with E-state index >= 15 is 0 Å². The molecule has 1 aromatic rings. The standard InChI is InChI=1S/C24H31N3O6/c1-2-33-20(28)10-19(17-3-5-18(6-4-17)27(31)32)21(22(25)29)26-23(30)24-11-14-7-15(12-24)9-16(8-14)13-24/h3-6,14-16,19,21H,2,7-13H2,1H3,(H2,25,29)(H,26,30)/t14?,15?,16?,19-,21+,24?/m0/s1. The van der Waals surface area contributed by atoms with Gasteiger partial charge in [-0.15, -0.1) is 0 Å². The summed E-state index contributed by atoms with van der Waals surface area (Å²) in [6, 6.07) is 4.49. The van der Waals surface area contributed by atoms with Gasteiger partial charge in [-0.1, -0.05) is 12.1 Å². The monoisotopic (exact) mass is 457 g/mol. The Morgan fingerprint density at radius 1 is 1.12 bits per heavy atom. The second-order valence-corrected chi connectivity index (χ2v) is 10.0. The van der Waals surface area contributed by atoms with Gasteiger partial charge in [0.25, 0.3) is 5.69 Å². The normalized spacial score (nSPS) is 29.2. The van der Waals surface area contributed by atoms with E-state index < -0.39 is 34.2 Å². The fraction of sp³-hybridized carbons (Fsp3) is 0.625. The van der Waals surface area contributed by atoms with E-state index in [-0.39, 0.29) is 24.6 Å². The predicted molar refractivity (Wildman–Crippen MR) is 119 cm³/mol. The van der Waals surface area contributed by atoms with Crippen LogP contribution in [0.4, 0.5) is 5.69 Å². The third-order valence-corrected chi connectivity index (χ3v) is 7.74. The van der Waals surface area contributed by atoms with Crippen LogP contribution in [0.3, 0.4) is 0 Å². The van der Waals surface area contributed by atoms with Gasteiger partial charge in [-0.3, -0.25) is 24.5 Å². The first-order valence-electron chi connectivity index (χ1n) is 11.7. The minimum atomic E-state index is -1.13. The Kier molecular flexibility index (Phi) is 6.41. The molecule has 4 aliphatic carbocycles. The molecule has 2 atom stereocenters. The maximum Gasteiger partial charge on any atom is 0.306 e. The average Bonchev–Trinajstić information content (AvgIpc) is 2.75. The topological polar surface area (TPSA) is 142 Å². The number of hydrogen-bond donors (Lipinski definition) is 2. The van der Waals surface area contributed by atoms with E-state index in [1.54, 1.807) is 6.92 Å². The number of rotatable bonds is 9. The molecule has 0 spiro atoms. The molecule has 178 valence electrons. The molecule has 0 aliphatic heterocycles. The zero-order chi connectivity index (χ0) is 23.8. The lowest BCUT2D eigenvalue weighted by Gasteiger charge is -2.55. The maximum absolute atomic E-state index is 13.6. The van der Waals surface area contributed by atoms with Crippen molar-refractivity contribution in [3.05, 3.63) is 39.9 Å². The number of hydrogen-bond acceptors (Lipinski definition) is 6. The van der Waals surface area contributed by atoms with Gasteiger partial charge in [-0.25, -0.2) is 0 Å². The highest BCUT2D eigenvalue weighted by molar-refractivity contribution is 5.91. The summed E-state index contributed by atoms with van der Waals surface area (Å²) in [5.74, 6) is -0.574. The summed E-state index contributed by atoms with van der Waals surface area (Å²) in [5.41, 5.74) is 5.64. The highest BCUT2D eigenvalue weighted by atomic mass is 16.6. The molecule has 0 saturated heterocycles. The molecule has 2 amide bonds. The lowest BCUT2D eigenvalue weighted by molar-refractivity contribution is -0.384. The van der Waals surface area contributed by atoms with Gasteiger partial charge in [-0.05, 0) is 68.8 Å². The Labute approximate surface area is 192 Å². The van der Waals surface area contributed by atoms with Crippen LogP contribution in [0.1, 0.15) is 63.4 Å². The molecule has 9 heteroatoms. The van der Waals surface area contributed by atoms with Gasteiger partial charge in [0.15, 0.2) is 0 Å². The highest BCUT2D eigenvalue weighted by Crippen LogP contribution is 2.60. The number of nitro groups is 1. The first-order valence-corrected chi connectivity index (χ1v) is 11.7. The predicted octanol–water partition coefficient (Wildman–Crippen LogP) is 2.82. The number of nitrogens with two attached hydrogens (primary N) is 1. The van der Waals surface area contributed by atoms with E-state index in [9.17, 15) is 24.5 Å². The third kappa shape index (κ3) is 4.72. The van der Waals surface area contributed by atoms with Crippen molar-refractivity contribution < 1.29 is 24.0 Å². The number of amides is 2. The summed E-state index contributed by atoms with van der Waals surface area (Å²) >= 11 is 0. The van der Waals surface area contributed by atoms with Crippen LogP contribution in [0, 0.1) is 33.3 Å². The van der Waals surface area contributed by atoms with Gasteiger partial charge in [0.2, 0.25) is 11.8 Å². The summed E-state index contributed by atoms with van der Waals surface area (Å²) in [4.78, 5) is 49.0. The minimum Gasteiger partial charge on any atom is -0.466 e. The lowest BCUT2D eigenvalue weighted by atomic mass is 9.49. The molecule has 5 rings (SSSR count). The van der Waals surface area contributed by atoms with Gasteiger partial charge in [0, 0.05) is 23.5 Å². The fourth-order valence-electron chi connectivity index (χ4n) is 6.72. The molecule has 0 heterocycles. The average molecular weight is 458 g/mol. The van der Waals surface area contributed by atoms with E-state index in [2.05, 4.69) is 5.32 Å². The van der Waals surface area contributed by atoms with Gasteiger partial charge < -0.3 is 15.8 Å². The number of esters is 1. The van der Waals surface area contributed by atoms with Gasteiger partial charge in [-0.2, -0.15) is 0 Å². The smallest absolute Gasteiger partial charge is 0.306 e. The number of benzene rings is 1. The third-order valence-electron chi connectivity index (χ3n) is 7.74. The maximum atomic E-state index is 13.6. The molecular weight excluding hydrogens is 426 g/mol. The van der Waals surface area contributed by atoms with Gasteiger partial charge in [0.05, 0.1) is 18.0 Å². The molecule has 4 bridgehead atoms. The Morgan fingerprint density at radius 2 is 1.67 bits per heavy atom. The van der Waals surface area contributed by atoms with E-state index in [0.717, 1.165) is 19.3 Å². The summed E-state index contributed by atoms with van der Waals surface area (Å²) in [7, 11) is 0. The zero-order valence-corrected chi connectivity index (χ0v) is 18.8. The number of primary amides is 1. The van der Waals surface area contributed by atoms with Gasteiger partial charge in [0.1, 0.15) is 6.04 Å². The van der Waals surface area contributed by atoms with Crippen molar-refractivity contribution in [3.8, 4) is 0 Å². The van der Waals surface area contributed by atoms with E-state index in [1.165, 1.54) is 43.5 Å². The largest absolute Gasteiger partial charge is 0.466 e. The molecule has 1 aromatic carbocycles. The fourth-order valence-corrected chi connectivity index (χ4v) is 6.72. The molecule has 4 fully saturated rings. The molecule has 0 radical (unpaired) electrons. The van der Waals surface area contributed by atoms with Crippen molar-refractivity contribution in [1.82, 2.24) is 5.32 Å². The van der Waals surface area contributed by atoms with Crippen molar-refractivity contribution in [2.45, 2.75) is 63.8 Å². The van der Waals surface area contributed by atoms with Crippen molar-refractivity contribution in [2.24, 2.45) is 28.9 Å². The summed E-state index contributed by atoms with van der Waals surface area (Å²) < 4.78 is 5.08. The second-order valence-electron chi connectivity index (χ2n) is 10.0. The minimum absolute atomic E-state index is 0.109. The second kappa shape index (κ2) is 9.11. The molecule has 33 heavy (non-hydrogen) atoms. The summed E-state index contributed by atoms with van der Waals surface area (Å²) in [6.07, 6.45) is 5.85. The van der Waals surface area contributed by atoms with Crippen LogP contribution < -0.4 is 11.1 Å². The van der Waals surface area contributed by atoms with Crippen LogP contribution in [-0.4, -0.2) is 35.4 Å². The van der Waals surface area contributed by atoms with Gasteiger partial charge >= 0.3 is 5.97 Å². The van der Waals surface area contributed by atoms with Crippen molar-refractivity contribution in [2.75, 3.05) is 6.61 Å². The molecule has 0 aromatic heterocycles. The number of carbonyl (C=O) groups is 3. The molecule has 9 nitrogen and oxygen atoms in total. The number of nitro benzene ring substituents is 1. The number of ether oxygens (including phenoxy) is 1. The molecular formula is C24H31N3O6. The number of carbonyl (C=O) groups excluding carboxylic acids is 3. The Balaban J connectivity index is 1.60. The van der Waals surface area contributed by atoms with Crippen LogP contribution in [0.2, 0.25) is 0 Å². The Hall–Kier alpha value is -2.97. The molecule has 3 N–H and O–H groups in total. The number of nitrogens with zero attached hydrogens (tertiary/aromatic N) is 1. The van der Waals surface area contributed by atoms with Crippen molar-refractivity contribution in [1.29, 1.82) is 0 Å². The number of nitrogens with one attached hydrogen (secondary N) is 1. The highest BCUT2D eigenvalue weighted by Gasteiger charge is 2.55. The van der Waals surface area contributed by atoms with Crippen LogP contribution in [0.5, 0.6) is 0 Å². The Bertz CT molecular complexity index is 909. The van der Waals surface area contributed by atoms with E-state index in [0.29, 0.717) is 23.3 Å². The lowest BCUT2D eigenvalue weighted by Crippen LogP contribution is -2.58. The molecule has 4 saturated carbocycles.